The zero-order valence-corrected chi connectivity index (χ0v) is 18.1. The molecule has 2 unspecified atom stereocenters. The van der Waals surface area contributed by atoms with E-state index in [0.29, 0.717) is 24.5 Å². The summed E-state index contributed by atoms with van der Waals surface area (Å²) < 4.78 is 0. The van der Waals surface area contributed by atoms with Crippen LogP contribution in [-0.4, -0.2) is 55.9 Å². The van der Waals surface area contributed by atoms with Gasteiger partial charge in [-0.15, -0.1) is 0 Å². The van der Waals surface area contributed by atoms with Gasteiger partial charge < -0.3 is 9.80 Å². The number of fused-ring (bicyclic) bond motifs is 2. The van der Waals surface area contributed by atoms with Crippen molar-refractivity contribution in [1.29, 1.82) is 0 Å². The summed E-state index contributed by atoms with van der Waals surface area (Å²) in [6, 6.07) is 10.1. The molecule has 7 nitrogen and oxygen atoms in total. The Labute approximate surface area is 182 Å². The lowest BCUT2D eigenvalue weighted by Gasteiger charge is -2.41. The van der Waals surface area contributed by atoms with Crippen molar-refractivity contribution in [2.24, 2.45) is 0 Å². The third-order valence-corrected chi connectivity index (χ3v) is 6.18. The van der Waals surface area contributed by atoms with Crippen LogP contribution in [0, 0.1) is 20.8 Å². The number of amides is 1. The molecule has 1 amide bonds. The summed E-state index contributed by atoms with van der Waals surface area (Å²) in [4.78, 5) is 36.0. The van der Waals surface area contributed by atoms with Gasteiger partial charge in [0.05, 0.1) is 5.56 Å². The van der Waals surface area contributed by atoms with E-state index in [2.05, 4.69) is 24.8 Å². The maximum atomic E-state index is 13.6. The van der Waals surface area contributed by atoms with Crippen LogP contribution in [0.4, 0.5) is 5.95 Å². The molecular weight excluding hydrogens is 388 g/mol. The van der Waals surface area contributed by atoms with E-state index >= 15 is 0 Å². The van der Waals surface area contributed by atoms with Crippen molar-refractivity contribution in [3.63, 3.8) is 0 Å². The molecule has 7 heteroatoms. The SMILES string of the molecule is Cc1ccc(C(=O)N2CC3CCC(C2)N3c2nc(C)cc(C)n2)c(-c2ncccn2)c1. The highest BCUT2D eigenvalue weighted by molar-refractivity contribution is 6.00. The van der Waals surface area contributed by atoms with Crippen LogP contribution in [0.15, 0.2) is 42.7 Å². The first-order chi connectivity index (χ1) is 15.0. The van der Waals surface area contributed by atoms with Gasteiger partial charge in [0, 0.05) is 54.5 Å². The molecule has 2 aliphatic heterocycles. The maximum absolute atomic E-state index is 13.6. The number of hydrogen-bond acceptors (Lipinski definition) is 6. The van der Waals surface area contributed by atoms with E-state index in [1.807, 2.05) is 49.9 Å². The van der Waals surface area contributed by atoms with Crippen LogP contribution in [0.25, 0.3) is 11.4 Å². The van der Waals surface area contributed by atoms with E-state index in [-0.39, 0.29) is 18.0 Å². The summed E-state index contributed by atoms with van der Waals surface area (Å²) in [6.45, 7) is 7.38. The standard InChI is InChI=1S/C24H26N6O/c1-15-5-8-20(21(11-15)22-25-9-4-10-26-22)23(31)29-13-18-6-7-19(14-29)30(18)24-27-16(2)12-17(3)28-24/h4-5,8-12,18-19H,6-7,13-14H2,1-3H3. The molecule has 2 saturated heterocycles. The normalized spacial score (nSPS) is 20.2. The second kappa shape index (κ2) is 7.72. The molecule has 5 rings (SSSR count). The van der Waals surface area contributed by atoms with Crippen LogP contribution in [-0.2, 0) is 0 Å². The van der Waals surface area contributed by atoms with Gasteiger partial charge in [0.1, 0.15) is 0 Å². The van der Waals surface area contributed by atoms with Crippen LogP contribution in [0.1, 0.15) is 40.2 Å². The van der Waals surface area contributed by atoms with Gasteiger partial charge in [-0.2, -0.15) is 0 Å². The molecular formula is C24H26N6O. The molecule has 158 valence electrons. The monoisotopic (exact) mass is 414 g/mol. The summed E-state index contributed by atoms with van der Waals surface area (Å²) in [7, 11) is 0. The molecule has 2 aliphatic rings. The molecule has 0 N–H and O–H groups in total. The largest absolute Gasteiger partial charge is 0.334 e. The van der Waals surface area contributed by atoms with Gasteiger partial charge in [-0.1, -0.05) is 11.6 Å². The second-order valence-electron chi connectivity index (χ2n) is 8.57. The number of anilines is 1. The van der Waals surface area contributed by atoms with Gasteiger partial charge in [0.25, 0.3) is 5.91 Å². The van der Waals surface area contributed by atoms with E-state index in [0.717, 1.165) is 41.3 Å². The number of benzene rings is 1. The molecule has 31 heavy (non-hydrogen) atoms. The zero-order chi connectivity index (χ0) is 21.5. The van der Waals surface area contributed by atoms with Gasteiger partial charge in [0.15, 0.2) is 5.82 Å². The Morgan fingerprint density at radius 3 is 2.23 bits per heavy atom. The van der Waals surface area contributed by atoms with Crippen LogP contribution in [0.3, 0.4) is 0 Å². The Hall–Kier alpha value is -3.35. The molecule has 2 fully saturated rings. The zero-order valence-electron chi connectivity index (χ0n) is 18.1. The minimum Gasteiger partial charge on any atom is -0.334 e. The van der Waals surface area contributed by atoms with E-state index in [9.17, 15) is 4.79 Å². The predicted molar refractivity (Wildman–Crippen MR) is 119 cm³/mol. The number of aryl methyl sites for hydroxylation is 3. The van der Waals surface area contributed by atoms with E-state index in [1.54, 1.807) is 18.5 Å². The summed E-state index contributed by atoms with van der Waals surface area (Å²) in [5, 5.41) is 0. The van der Waals surface area contributed by atoms with Crippen molar-refractivity contribution < 1.29 is 4.79 Å². The summed E-state index contributed by atoms with van der Waals surface area (Å²) in [5.41, 5.74) is 4.49. The Balaban J connectivity index is 1.43. The highest BCUT2D eigenvalue weighted by Gasteiger charge is 2.43. The predicted octanol–water partition coefficient (Wildman–Crippen LogP) is 3.35. The van der Waals surface area contributed by atoms with Crippen LogP contribution >= 0.6 is 0 Å². The Bertz CT molecular complexity index is 1100. The average Bonchev–Trinajstić information content (AvgIpc) is 3.02. The first kappa shape index (κ1) is 19.6. The van der Waals surface area contributed by atoms with Crippen molar-refractivity contribution in [2.45, 2.75) is 45.7 Å². The number of piperazine rings is 1. The van der Waals surface area contributed by atoms with Crippen LogP contribution in [0.2, 0.25) is 0 Å². The fraction of sp³-hybridized carbons (Fsp3) is 0.375. The fourth-order valence-corrected chi connectivity index (χ4v) is 4.86. The van der Waals surface area contributed by atoms with Crippen molar-refractivity contribution in [1.82, 2.24) is 24.8 Å². The molecule has 1 aromatic carbocycles. The molecule has 3 aromatic rings. The number of nitrogens with zero attached hydrogens (tertiary/aromatic N) is 6. The second-order valence-corrected chi connectivity index (χ2v) is 8.57. The third-order valence-electron chi connectivity index (χ3n) is 6.18. The Morgan fingerprint density at radius 2 is 1.58 bits per heavy atom. The van der Waals surface area contributed by atoms with Gasteiger partial charge >= 0.3 is 0 Å². The first-order valence-electron chi connectivity index (χ1n) is 10.8. The number of likely N-dealkylation sites (tertiary alicyclic amines) is 1. The van der Waals surface area contributed by atoms with Gasteiger partial charge in [-0.3, -0.25) is 4.79 Å². The topological polar surface area (TPSA) is 75.1 Å². The molecule has 2 aromatic heterocycles. The summed E-state index contributed by atoms with van der Waals surface area (Å²) in [6.07, 6.45) is 5.52. The molecule has 2 bridgehead atoms. The highest BCUT2D eigenvalue weighted by atomic mass is 16.2. The molecule has 0 spiro atoms. The molecule has 2 atom stereocenters. The molecule has 4 heterocycles. The highest BCUT2D eigenvalue weighted by Crippen LogP contribution is 2.34. The lowest BCUT2D eigenvalue weighted by molar-refractivity contribution is 0.0717. The van der Waals surface area contributed by atoms with E-state index in [1.165, 1.54) is 0 Å². The lowest BCUT2D eigenvalue weighted by atomic mass is 10.0. The quantitative estimate of drug-likeness (QED) is 0.654. The van der Waals surface area contributed by atoms with Crippen molar-refractivity contribution in [2.75, 3.05) is 18.0 Å². The van der Waals surface area contributed by atoms with Crippen LogP contribution in [0.5, 0.6) is 0 Å². The molecule has 0 aliphatic carbocycles. The number of hydrogen-bond donors (Lipinski definition) is 0. The average molecular weight is 415 g/mol. The van der Waals surface area contributed by atoms with Crippen molar-refractivity contribution in [3.05, 3.63) is 65.2 Å². The molecule has 0 radical (unpaired) electrons. The van der Waals surface area contributed by atoms with Crippen molar-refractivity contribution in [3.8, 4) is 11.4 Å². The van der Waals surface area contributed by atoms with Crippen LogP contribution < -0.4 is 4.90 Å². The fourth-order valence-electron chi connectivity index (χ4n) is 4.86. The van der Waals surface area contributed by atoms with Gasteiger partial charge in [-0.05, 0) is 57.9 Å². The minimum absolute atomic E-state index is 0.0420. The van der Waals surface area contributed by atoms with Gasteiger partial charge in [-0.25, -0.2) is 19.9 Å². The Morgan fingerprint density at radius 1 is 0.935 bits per heavy atom. The number of carbonyl (C=O) groups excluding carboxylic acids is 1. The number of carbonyl (C=O) groups is 1. The lowest BCUT2D eigenvalue weighted by Crippen LogP contribution is -2.56. The third kappa shape index (κ3) is 3.65. The number of aromatic nitrogens is 4. The first-order valence-corrected chi connectivity index (χ1v) is 10.8. The number of rotatable bonds is 3. The summed E-state index contributed by atoms with van der Waals surface area (Å²) >= 11 is 0. The maximum Gasteiger partial charge on any atom is 0.254 e. The summed E-state index contributed by atoms with van der Waals surface area (Å²) in [5.74, 6) is 1.42. The minimum atomic E-state index is 0.0420. The Kier molecular flexibility index (Phi) is 4.88. The van der Waals surface area contributed by atoms with Crippen molar-refractivity contribution >= 4 is 11.9 Å². The molecule has 0 saturated carbocycles. The van der Waals surface area contributed by atoms with E-state index in [4.69, 9.17) is 0 Å². The van der Waals surface area contributed by atoms with E-state index < -0.39 is 0 Å². The smallest absolute Gasteiger partial charge is 0.254 e. The van der Waals surface area contributed by atoms with Gasteiger partial charge in [0.2, 0.25) is 5.95 Å².